The average molecular weight is 350 g/mol. The standard InChI is InChI=1S/C18H23FN2O4/c1-18(2,3)25-17(22)21-7-5-13(6-8-21)24-16-10-15(23-4)12(11-20)9-14(16)19/h9-10,13H,5-8H2,1-4H3. The van der Waals surface area contributed by atoms with Crippen LogP contribution in [0.5, 0.6) is 11.5 Å². The third-order valence-corrected chi connectivity index (χ3v) is 3.76. The van der Waals surface area contributed by atoms with E-state index in [-0.39, 0.29) is 29.3 Å². The van der Waals surface area contributed by atoms with Gasteiger partial charge in [-0.25, -0.2) is 9.18 Å². The molecule has 0 spiro atoms. The predicted octanol–water partition coefficient (Wildman–Crippen LogP) is 3.48. The fourth-order valence-corrected chi connectivity index (χ4v) is 2.54. The number of benzene rings is 1. The maximum atomic E-state index is 14.1. The SMILES string of the molecule is COc1cc(OC2CCN(C(=O)OC(C)(C)C)CC2)c(F)cc1C#N. The molecule has 0 aromatic heterocycles. The highest BCUT2D eigenvalue weighted by Crippen LogP contribution is 2.30. The highest BCUT2D eigenvalue weighted by atomic mass is 19.1. The summed E-state index contributed by atoms with van der Waals surface area (Å²) in [5.74, 6) is -0.288. The van der Waals surface area contributed by atoms with Gasteiger partial charge in [-0.1, -0.05) is 0 Å². The Morgan fingerprint density at radius 1 is 1.28 bits per heavy atom. The van der Waals surface area contributed by atoms with Gasteiger partial charge in [-0.05, 0) is 26.8 Å². The van der Waals surface area contributed by atoms with E-state index < -0.39 is 11.4 Å². The molecule has 0 saturated carbocycles. The van der Waals surface area contributed by atoms with Gasteiger partial charge in [0.2, 0.25) is 0 Å². The number of nitrogens with zero attached hydrogens (tertiary/aromatic N) is 2. The van der Waals surface area contributed by atoms with Crippen molar-refractivity contribution in [1.82, 2.24) is 4.90 Å². The van der Waals surface area contributed by atoms with Crippen molar-refractivity contribution in [2.75, 3.05) is 20.2 Å². The monoisotopic (exact) mass is 350 g/mol. The Bertz CT molecular complexity index is 671. The number of carbonyl (C=O) groups is 1. The first-order valence-electron chi connectivity index (χ1n) is 8.15. The van der Waals surface area contributed by atoms with Crippen molar-refractivity contribution in [3.05, 3.63) is 23.5 Å². The molecule has 1 amide bonds. The Morgan fingerprint density at radius 2 is 1.92 bits per heavy atom. The first kappa shape index (κ1) is 18.8. The van der Waals surface area contributed by atoms with Crippen molar-refractivity contribution in [3.63, 3.8) is 0 Å². The van der Waals surface area contributed by atoms with Crippen LogP contribution in [0, 0.1) is 17.1 Å². The average Bonchev–Trinajstić information content (AvgIpc) is 2.55. The zero-order valence-electron chi connectivity index (χ0n) is 15.0. The predicted molar refractivity (Wildman–Crippen MR) is 89.1 cm³/mol. The topological polar surface area (TPSA) is 71.8 Å². The van der Waals surface area contributed by atoms with E-state index in [1.54, 1.807) is 4.90 Å². The highest BCUT2D eigenvalue weighted by Gasteiger charge is 2.28. The number of hydrogen-bond donors (Lipinski definition) is 0. The minimum absolute atomic E-state index is 0.0477. The number of ether oxygens (including phenoxy) is 3. The van der Waals surface area contributed by atoms with Crippen LogP contribution in [0.4, 0.5) is 9.18 Å². The smallest absolute Gasteiger partial charge is 0.410 e. The number of piperidine rings is 1. The number of halogens is 1. The van der Waals surface area contributed by atoms with E-state index in [1.807, 2.05) is 26.8 Å². The normalized spacial score (nSPS) is 15.4. The molecule has 1 aromatic carbocycles. The summed E-state index contributed by atoms with van der Waals surface area (Å²) in [6.07, 6.45) is 0.574. The maximum absolute atomic E-state index is 14.1. The number of nitriles is 1. The molecule has 0 atom stereocenters. The van der Waals surface area contributed by atoms with E-state index in [0.717, 1.165) is 6.07 Å². The first-order valence-corrected chi connectivity index (χ1v) is 8.15. The third-order valence-electron chi connectivity index (χ3n) is 3.76. The molecule has 136 valence electrons. The van der Waals surface area contributed by atoms with E-state index in [9.17, 15) is 9.18 Å². The van der Waals surface area contributed by atoms with Crippen molar-refractivity contribution in [2.24, 2.45) is 0 Å². The summed E-state index contributed by atoms with van der Waals surface area (Å²) in [5, 5.41) is 8.96. The summed E-state index contributed by atoms with van der Waals surface area (Å²) in [7, 11) is 1.41. The van der Waals surface area contributed by atoms with Gasteiger partial charge in [0.1, 0.15) is 23.5 Å². The van der Waals surface area contributed by atoms with Crippen LogP contribution in [0.1, 0.15) is 39.2 Å². The van der Waals surface area contributed by atoms with Crippen molar-refractivity contribution < 1.29 is 23.4 Å². The molecule has 1 aromatic rings. The molecule has 0 unspecified atom stereocenters. The molecule has 1 saturated heterocycles. The molecule has 1 aliphatic rings. The fraction of sp³-hybridized carbons (Fsp3) is 0.556. The maximum Gasteiger partial charge on any atom is 0.410 e. The Hall–Kier alpha value is -2.49. The first-order chi connectivity index (χ1) is 11.7. The summed E-state index contributed by atoms with van der Waals surface area (Å²) in [4.78, 5) is 13.7. The Labute approximate surface area is 147 Å². The Kier molecular flexibility index (Phi) is 5.73. The van der Waals surface area contributed by atoms with E-state index in [4.69, 9.17) is 19.5 Å². The quantitative estimate of drug-likeness (QED) is 0.834. The molecule has 0 radical (unpaired) electrons. The second-order valence-electron chi connectivity index (χ2n) is 6.88. The fourth-order valence-electron chi connectivity index (χ4n) is 2.54. The molecule has 6 nitrogen and oxygen atoms in total. The Balaban J connectivity index is 1.96. The minimum atomic E-state index is -0.605. The van der Waals surface area contributed by atoms with Crippen LogP contribution < -0.4 is 9.47 Å². The van der Waals surface area contributed by atoms with Gasteiger partial charge >= 0.3 is 6.09 Å². The van der Waals surface area contributed by atoms with Crippen molar-refractivity contribution in [3.8, 4) is 17.6 Å². The van der Waals surface area contributed by atoms with Gasteiger partial charge in [0.05, 0.1) is 12.7 Å². The molecule has 1 fully saturated rings. The van der Waals surface area contributed by atoms with Crippen LogP contribution in [0.3, 0.4) is 0 Å². The number of methoxy groups -OCH3 is 1. The molecule has 0 aliphatic carbocycles. The van der Waals surface area contributed by atoms with Gasteiger partial charge in [-0.15, -0.1) is 0 Å². The van der Waals surface area contributed by atoms with Gasteiger partial charge in [-0.3, -0.25) is 0 Å². The lowest BCUT2D eigenvalue weighted by Crippen LogP contribution is -2.44. The molecule has 2 rings (SSSR count). The number of carbonyl (C=O) groups excluding carboxylic acids is 1. The van der Waals surface area contributed by atoms with Crippen LogP contribution in [0.2, 0.25) is 0 Å². The summed E-state index contributed by atoms with van der Waals surface area (Å²) in [6.45, 7) is 6.43. The van der Waals surface area contributed by atoms with Crippen LogP contribution in [-0.4, -0.2) is 42.9 Å². The van der Waals surface area contributed by atoms with Gasteiger partial charge in [0, 0.05) is 32.0 Å². The molecular formula is C18H23FN2O4. The number of amides is 1. The summed E-state index contributed by atoms with van der Waals surface area (Å²) in [6, 6.07) is 4.36. The third kappa shape index (κ3) is 4.99. The molecule has 25 heavy (non-hydrogen) atoms. The van der Waals surface area contributed by atoms with E-state index in [2.05, 4.69) is 0 Å². The van der Waals surface area contributed by atoms with Crippen LogP contribution >= 0.6 is 0 Å². The van der Waals surface area contributed by atoms with Crippen LogP contribution in [0.25, 0.3) is 0 Å². The second kappa shape index (κ2) is 7.60. The minimum Gasteiger partial charge on any atom is -0.495 e. The van der Waals surface area contributed by atoms with E-state index in [1.165, 1.54) is 13.2 Å². The van der Waals surface area contributed by atoms with Gasteiger partial charge < -0.3 is 19.1 Å². The second-order valence-corrected chi connectivity index (χ2v) is 6.88. The van der Waals surface area contributed by atoms with Crippen molar-refractivity contribution in [1.29, 1.82) is 5.26 Å². The van der Waals surface area contributed by atoms with Crippen molar-refractivity contribution >= 4 is 6.09 Å². The highest BCUT2D eigenvalue weighted by molar-refractivity contribution is 5.68. The van der Waals surface area contributed by atoms with E-state index in [0.29, 0.717) is 25.9 Å². The zero-order valence-corrected chi connectivity index (χ0v) is 15.0. The zero-order chi connectivity index (χ0) is 18.6. The lowest BCUT2D eigenvalue weighted by molar-refractivity contribution is 0.0123. The van der Waals surface area contributed by atoms with E-state index >= 15 is 0 Å². The number of rotatable bonds is 3. The molecule has 7 heteroatoms. The number of hydrogen-bond acceptors (Lipinski definition) is 5. The molecular weight excluding hydrogens is 327 g/mol. The summed E-state index contributed by atoms with van der Waals surface area (Å²) < 4.78 is 30.2. The van der Waals surface area contributed by atoms with Gasteiger partial charge in [-0.2, -0.15) is 5.26 Å². The summed E-state index contributed by atoms with van der Waals surface area (Å²) in [5.41, 5.74) is -0.417. The molecule has 0 bridgehead atoms. The lowest BCUT2D eigenvalue weighted by Gasteiger charge is -2.33. The van der Waals surface area contributed by atoms with Crippen molar-refractivity contribution in [2.45, 2.75) is 45.3 Å². The number of likely N-dealkylation sites (tertiary alicyclic amines) is 1. The van der Waals surface area contributed by atoms with Gasteiger partial charge in [0.25, 0.3) is 0 Å². The summed E-state index contributed by atoms with van der Waals surface area (Å²) >= 11 is 0. The molecule has 1 heterocycles. The van der Waals surface area contributed by atoms with Crippen LogP contribution in [-0.2, 0) is 4.74 Å². The van der Waals surface area contributed by atoms with Crippen LogP contribution in [0.15, 0.2) is 12.1 Å². The van der Waals surface area contributed by atoms with Gasteiger partial charge in [0.15, 0.2) is 11.6 Å². The molecule has 1 aliphatic heterocycles. The largest absolute Gasteiger partial charge is 0.495 e. The molecule has 0 N–H and O–H groups in total. The lowest BCUT2D eigenvalue weighted by atomic mass is 10.1. The Morgan fingerprint density at radius 3 is 2.44 bits per heavy atom.